The fraction of sp³-hybridized carbons (Fsp3) is 0.300. The Labute approximate surface area is 165 Å². The summed E-state index contributed by atoms with van der Waals surface area (Å²) in [4.78, 5) is 23.6. The number of amides is 1. The zero-order valence-corrected chi connectivity index (χ0v) is 15.8. The molecule has 29 heavy (non-hydrogen) atoms. The fourth-order valence-electron chi connectivity index (χ4n) is 2.60. The second kappa shape index (κ2) is 9.81. The van der Waals surface area contributed by atoms with Crippen molar-refractivity contribution >= 4 is 11.9 Å². The van der Waals surface area contributed by atoms with E-state index in [-0.39, 0.29) is 0 Å². The quantitative estimate of drug-likeness (QED) is 0.613. The molecular weight excluding hydrogens is 391 g/mol. The van der Waals surface area contributed by atoms with Gasteiger partial charge in [-0.1, -0.05) is 13.0 Å². The molecule has 9 heteroatoms. The SMILES string of the molecule is CCCOc1ccc(C(CC(=O)O)NC(=O)c2ccc(F)c(F)c2F)cc1OC. The molecule has 2 N–H and O–H groups in total. The van der Waals surface area contributed by atoms with E-state index >= 15 is 0 Å². The Morgan fingerprint density at radius 3 is 2.45 bits per heavy atom. The normalized spacial score (nSPS) is 11.6. The molecule has 1 atom stereocenters. The van der Waals surface area contributed by atoms with Crippen molar-refractivity contribution in [2.24, 2.45) is 0 Å². The molecule has 0 bridgehead atoms. The number of carboxylic acid groups (broad SMARTS) is 1. The van der Waals surface area contributed by atoms with Crippen LogP contribution in [0.1, 0.15) is 41.7 Å². The Morgan fingerprint density at radius 2 is 1.83 bits per heavy atom. The van der Waals surface area contributed by atoms with Gasteiger partial charge in [-0.05, 0) is 36.2 Å². The molecule has 0 heterocycles. The lowest BCUT2D eigenvalue weighted by molar-refractivity contribution is -0.137. The maximum Gasteiger partial charge on any atom is 0.305 e. The number of nitrogens with one attached hydrogen (secondary N) is 1. The number of carbonyl (C=O) groups excluding carboxylic acids is 1. The summed E-state index contributed by atoms with van der Waals surface area (Å²) in [7, 11) is 1.40. The minimum atomic E-state index is -1.79. The van der Waals surface area contributed by atoms with E-state index in [1.807, 2.05) is 6.92 Å². The van der Waals surface area contributed by atoms with E-state index in [0.717, 1.165) is 12.5 Å². The summed E-state index contributed by atoms with van der Waals surface area (Å²) >= 11 is 0. The van der Waals surface area contributed by atoms with Gasteiger partial charge in [0.15, 0.2) is 29.0 Å². The van der Waals surface area contributed by atoms with Gasteiger partial charge in [0.05, 0.1) is 31.7 Å². The highest BCUT2D eigenvalue weighted by molar-refractivity contribution is 5.95. The highest BCUT2D eigenvalue weighted by Gasteiger charge is 2.24. The smallest absolute Gasteiger partial charge is 0.305 e. The maximum atomic E-state index is 13.9. The van der Waals surface area contributed by atoms with Gasteiger partial charge in [0.2, 0.25) is 0 Å². The Morgan fingerprint density at radius 1 is 1.10 bits per heavy atom. The number of benzene rings is 2. The first-order valence-electron chi connectivity index (χ1n) is 8.75. The number of ether oxygens (including phenoxy) is 2. The molecule has 0 saturated heterocycles. The largest absolute Gasteiger partial charge is 0.493 e. The predicted molar refractivity (Wildman–Crippen MR) is 97.6 cm³/mol. The van der Waals surface area contributed by atoms with E-state index in [2.05, 4.69) is 5.32 Å². The number of aliphatic carboxylic acids is 1. The molecule has 0 radical (unpaired) electrons. The molecule has 2 rings (SSSR count). The van der Waals surface area contributed by atoms with Crippen LogP contribution in [0.5, 0.6) is 11.5 Å². The zero-order valence-electron chi connectivity index (χ0n) is 15.8. The number of methoxy groups -OCH3 is 1. The summed E-state index contributed by atoms with van der Waals surface area (Å²) in [5.74, 6) is -6.44. The Bertz CT molecular complexity index is 904. The third-order valence-corrected chi connectivity index (χ3v) is 4.02. The summed E-state index contributed by atoms with van der Waals surface area (Å²) in [6.45, 7) is 2.37. The molecular formula is C20H20F3NO5. The van der Waals surface area contributed by atoms with Gasteiger partial charge in [0.25, 0.3) is 5.91 Å². The van der Waals surface area contributed by atoms with Crippen LogP contribution >= 0.6 is 0 Å². The molecule has 0 fully saturated rings. The topological polar surface area (TPSA) is 84.9 Å². The van der Waals surface area contributed by atoms with Gasteiger partial charge in [-0.15, -0.1) is 0 Å². The number of rotatable bonds is 9. The van der Waals surface area contributed by atoms with Gasteiger partial charge in [-0.3, -0.25) is 9.59 Å². The van der Waals surface area contributed by atoms with E-state index in [4.69, 9.17) is 9.47 Å². The van der Waals surface area contributed by atoms with E-state index < -0.39 is 47.4 Å². The van der Waals surface area contributed by atoms with Crippen LogP contribution in [-0.4, -0.2) is 30.7 Å². The van der Waals surface area contributed by atoms with E-state index in [9.17, 15) is 27.9 Å². The monoisotopic (exact) mass is 411 g/mol. The highest BCUT2D eigenvalue weighted by Crippen LogP contribution is 2.31. The number of hydrogen-bond acceptors (Lipinski definition) is 4. The molecule has 1 unspecified atom stereocenters. The maximum absolute atomic E-state index is 13.9. The number of hydrogen-bond donors (Lipinski definition) is 2. The van der Waals surface area contributed by atoms with Crippen LogP contribution in [0.4, 0.5) is 13.2 Å². The van der Waals surface area contributed by atoms with Gasteiger partial charge in [0.1, 0.15) is 0 Å². The average Bonchev–Trinajstić information content (AvgIpc) is 2.69. The molecule has 1 amide bonds. The summed E-state index contributed by atoms with van der Waals surface area (Å²) in [5, 5.41) is 11.5. The van der Waals surface area contributed by atoms with Crippen molar-refractivity contribution in [2.45, 2.75) is 25.8 Å². The van der Waals surface area contributed by atoms with Crippen LogP contribution < -0.4 is 14.8 Å². The first kappa shape index (κ1) is 22.1. The van der Waals surface area contributed by atoms with Crippen molar-refractivity contribution in [1.82, 2.24) is 5.32 Å². The lowest BCUT2D eigenvalue weighted by Gasteiger charge is -2.20. The van der Waals surface area contributed by atoms with E-state index in [1.54, 1.807) is 6.07 Å². The second-order valence-corrected chi connectivity index (χ2v) is 6.11. The van der Waals surface area contributed by atoms with Crippen molar-refractivity contribution in [3.8, 4) is 11.5 Å². The lowest BCUT2D eigenvalue weighted by Crippen LogP contribution is -2.31. The van der Waals surface area contributed by atoms with Gasteiger partial charge >= 0.3 is 5.97 Å². The van der Waals surface area contributed by atoms with Crippen LogP contribution in [0.2, 0.25) is 0 Å². The van der Waals surface area contributed by atoms with E-state index in [0.29, 0.717) is 29.7 Å². The zero-order chi connectivity index (χ0) is 21.6. The molecule has 2 aromatic carbocycles. The Balaban J connectivity index is 2.33. The molecule has 0 aliphatic carbocycles. The van der Waals surface area contributed by atoms with Gasteiger partial charge < -0.3 is 19.9 Å². The van der Waals surface area contributed by atoms with Crippen LogP contribution in [-0.2, 0) is 4.79 Å². The molecule has 156 valence electrons. The third-order valence-electron chi connectivity index (χ3n) is 4.02. The molecule has 6 nitrogen and oxygen atoms in total. The predicted octanol–water partition coefficient (Wildman–Crippen LogP) is 3.85. The first-order valence-corrected chi connectivity index (χ1v) is 8.75. The third kappa shape index (κ3) is 5.40. The summed E-state index contributed by atoms with van der Waals surface area (Å²) < 4.78 is 51.2. The summed E-state index contributed by atoms with van der Waals surface area (Å²) in [6.07, 6.45) is 0.234. The fourth-order valence-corrected chi connectivity index (χ4v) is 2.60. The van der Waals surface area contributed by atoms with Crippen molar-refractivity contribution in [1.29, 1.82) is 0 Å². The van der Waals surface area contributed by atoms with Crippen molar-refractivity contribution in [3.63, 3.8) is 0 Å². The minimum absolute atomic E-state index is 0.319. The molecule has 0 aromatic heterocycles. The van der Waals surface area contributed by atoms with Crippen molar-refractivity contribution < 1.29 is 37.3 Å². The number of halogens is 3. The molecule has 0 aliphatic rings. The lowest BCUT2D eigenvalue weighted by atomic mass is 10.0. The number of carboxylic acids is 1. The second-order valence-electron chi connectivity index (χ2n) is 6.11. The van der Waals surface area contributed by atoms with Gasteiger partial charge in [-0.25, -0.2) is 13.2 Å². The van der Waals surface area contributed by atoms with Gasteiger partial charge in [-0.2, -0.15) is 0 Å². The Hall–Kier alpha value is -3.23. The van der Waals surface area contributed by atoms with Gasteiger partial charge in [0, 0.05) is 0 Å². The molecule has 0 saturated carbocycles. The van der Waals surface area contributed by atoms with Crippen molar-refractivity contribution in [2.75, 3.05) is 13.7 Å². The van der Waals surface area contributed by atoms with Crippen molar-refractivity contribution in [3.05, 3.63) is 58.9 Å². The van der Waals surface area contributed by atoms with Crippen LogP contribution in [0.15, 0.2) is 30.3 Å². The standard InChI is InChI=1S/C20H20F3NO5/c1-3-8-29-15-7-4-11(9-16(15)28-2)14(10-17(25)26)24-20(27)12-5-6-13(21)19(23)18(12)22/h4-7,9,14H,3,8,10H2,1-2H3,(H,24,27)(H,25,26). The van der Waals surface area contributed by atoms with Crippen LogP contribution in [0.3, 0.4) is 0 Å². The first-order chi connectivity index (χ1) is 13.8. The van der Waals surface area contributed by atoms with Crippen LogP contribution in [0, 0.1) is 17.5 Å². The molecule has 2 aromatic rings. The van der Waals surface area contributed by atoms with E-state index in [1.165, 1.54) is 19.2 Å². The average molecular weight is 411 g/mol. The molecule has 0 spiro atoms. The van der Waals surface area contributed by atoms with Crippen LogP contribution in [0.25, 0.3) is 0 Å². The minimum Gasteiger partial charge on any atom is -0.493 e. The Kier molecular flexibility index (Phi) is 7.46. The highest BCUT2D eigenvalue weighted by atomic mass is 19.2. The summed E-state index contributed by atoms with van der Waals surface area (Å²) in [5.41, 5.74) is -0.390. The molecule has 0 aliphatic heterocycles. The number of carbonyl (C=O) groups is 2. The summed E-state index contributed by atoms with van der Waals surface area (Å²) in [6, 6.07) is 4.89.